The van der Waals surface area contributed by atoms with Gasteiger partial charge in [-0.3, -0.25) is 20.2 Å². The molecule has 0 bridgehead atoms. The number of nitro benzene ring substituents is 2. The molecule has 0 aliphatic rings. The third-order valence-electron chi connectivity index (χ3n) is 1.60. The predicted octanol–water partition coefficient (Wildman–Crippen LogP) is 1.81. The van der Waals surface area contributed by atoms with Crippen molar-refractivity contribution >= 4 is 11.4 Å². The summed E-state index contributed by atoms with van der Waals surface area (Å²) < 4.78 is 0. The van der Waals surface area contributed by atoms with Crippen LogP contribution in [0.3, 0.4) is 0 Å². The van der Waals surface area contributed by atoms with Crippen molar-refractivity contribution in [1.82, 2.24) is 0 Å². The maximum absolute atomic E-state index is 10.4. The fourth-order valence-electron chi connectivity index (χ4n) is 1.03. The van der Waals surface area contributed by atoms with Crippen molar-refractivity contribution in [2.24, 2.45) is 0 Å². The normalized spacial score (nSPS) is 8.93. The van der Waals surface area contributed by atoms with Crippen LogP contribution in [0.4, 0.5) is 11.4 Å². The van der Waals surface area contributed by atoms with Crippen molar-refractivity contribution in [1.29, 1.82) is 0 Å². The van der Waals surface area contributed by atoms with E-state index in [1.165, 1.54) is 19.1 Å². The SMILES string of the molecule is Cc1cccc([N+](=O)[O-])c1[N+](=O)[O-].[Fe]. The Morgan fingerprint density at radius 2 is 1.71 bits per heavy atom. The molecule has 0 spiro atoms. The van der Waals surface area contributed by atoms with Crippen LogP contribution in [0.5, 0.6) is 0 Å². The van der Waals surface area contributed by atoms with Crippen LogP contribution in [-0.2, 0) is 17.1 Å². The number of rotatable bonds is 2. The van der Waals surface area contributed by atoms with Crippen LogP contribution < -0.4 is 0 Å². The van der Waals surface area contributed by atoms with Crippen molar-refractivity contribution in [2.45, 2.75) is 6.92 Å². The quantitative estimate of drug-likeness (QED) is 0.446. The third-order valence-corrected chi connectivity index (χ3v) is 1.60. The van der Waals surface area contributed by atoms with Gasteiger partial charge in [0.2, 0.25) is 0 Å². The molecule has 1 aromatic carbocycles. The van der Waals surface area contributed by atoms with Gasteiger partial charge < -0.3 is 0 Å². The van der Waals surface area contributed by atoms with Crippen LogP contribution in [0.25, 0.3) is 0 Å². The zero-order valence-electron chi connectivity index (χ0n) is 7.11. The van der Waals surface area contributed by atoms with E-state index < -0.39 is 21.2 Å². The Bertz CT molecular complexity index is 380. The number of hydrogen-bond acceptors (Lipinski definition) is 4. The van der Waals surface area contributed by atoms with Crippen molar-refractivity contribution < 1.29 is 26.9 Å². The van der Waals surface area contributed by atoms with Gasteiger partial charge in [-0.15, -0.1) is 0 Å². The van der Waals surface area contributed by atoms with Crippen molar-refractivity contribution in [3.05, 3.63) is 44.0 Å². The molecular weight excluding hydrogens is 232 g/mol. The van der Waals surface area contributed by atoms with E-state index in [4.69, 9.17) is 0 Å². The van der Waals surface area contributed by atoms with E-state index in [9.17, 15) is 20.2 Å². The molecular formula is C7H6FeN2O4. The number of para-hydroxylation sites is 1. The second kappa shape index (κ2) is 4.69. The van der Waals surface area contributed by atoms with Gasteiger partial charge in [0.05, 0.1) is 9.85 Å². The van der Waals surface area contributed by atoms with Gasteiger partial charge in [0.1, 0.15) is 0 Å². The first-order chi connectivity index (χ1) is 6.04. The summed E-state index contributed by atoms with van der Waals surface area (Å²) in [7, 11) is 0. The fraction of sp³-hybridized carbons (Fsp3) is 0.143. The van der Waals surface area contributed by atoms with Crippen molar-refractivity contribution in [2.75, 3.05) is 0 Å². The maximum Gasteiger partial charge on any atom is 0.348 e. The monoisotopic (exact) mass is 238 g/mol. The summed E-state index contributed by atoms with van der Waals surface area (Å²) in [6.45, 7) is 1.46. The molecule has 0 heterocycles. The summed E-state index contributed by atoms with van der Waals surface area (Å²) in [6, 6.07) is 4.00. The molecule has 0 saturated heterocycles. The van der Waals surface area contributed by atoms with E-state index in [0.717, 1.165) is 6.07 Å². The molecule has 1 aromatic rings. The number of aryl methyl sites for hydroxylation is 1. The minimum absolute atomic E-state index is 0. The van der Waals surface area contributed by atoms with E-state index >= 15 is 0 Å². The Balaban J connectivity index is 0.00000169. The average Bonchev–Trinajstić information content (AvgIpc) is 2.02. The maximum atomic E-state index is 10.4. The van der Waals surface area contributed by atoms with Gasteiger partial charge in [0.25, 0.3) is 0 Å². The molecule has 0 aliphatic carbocycles. The molecule has 14 heavy (non-hydrogen) atoms. The molecule has 0 unspecified atom stereocenters. The minimum Gasteiger partial charge on any atom is -0.258 e. The third kappa shape index (κ3) is 2.27. The molecule has 0 radical (unpaired) electrons. The van der Waals surface area contributed by atoms with Crippen molar-refractivity contribution in [3.8, 4) is 0 Å². The number of nitrogens with zero attached hydrogens (tertiary/aromatic N) is 2. The summed E-state index contributed by atoms with van der Waals surface area (Å²) in [6.07, 6.45) is 0. The summed E-state index contributed by atoms with van der Waals surface area (Å²) in [5.74, 6) is 0. The zero-order valence-corrected chi connectivity index (χ0v) is 8.22. The summed E-state index contributed by atoms with van der Waals surface area (Å²) in [4.78, 5) is 19.3. The van der Waals surface area contributed by atoms with E-state index in [1.807, 2.05) is 0 Å². The molecule has 0 saturated carbocycles. The van der Waals surface area contributed by atoms with E-state index in [2.05, 4.69) is 0 Å². The topological polar surface area (TPSA) is 86.3 Å². The Hall–Kier alpha value is -1.46. The van der Waals surface area contributed by atoms with E-state index in [1.54, 1.807) is 0 Å². The second-order valence-electron chi connectivity index (χ2n) is 2.46. The largest absolute Gasteiger partial charge is 0.348 e. The molecule has 7 heteroatoms. The minimum atomic E-state index is -0.759. The van der Waals surface area contributed by atoms with Gasteiger partial charge >= 0.3 is 11.4 Å². The van der Waals surface area contributed by atoms with Crippen LogP contribution in [0, 0.1) is 27.2 Å². The Kier molecular flexibility index (Phi) is 4.20. The molecule has 0 atom stereocenters. The number of benzene rings is 1. The zero-order chi connectivity index (χ0) is 10.0. The molecule has 0 aliphatic heterocycles. The van der Waals surface area contributed by atoms with Crippen LogP contribution in [-0.4, -0.2) is 9.85 Å². The summed E-state index contributed by atoms with van der Waals surface area (Å²) >= 11 is 0. The van der Waals surface area contributed by atoms with Crippen LogP contribution in [0.1, 0.15) is 5.56 Å². The van der Waals surface area contributed by atoms with E-state index in [0.29, 0.717) is 5.56 Å². The molecule has 1 rings (SSSR count). The van der Waals surface area contributed by atoms with Crippen molar-refractivity contribution in [3.63, 3.8) is 0 Å². The van der Waals surface area contributed by atoms with Gasteiger partial charge in [-0.25, -0.2) is 0 Å². The number of hydrogen-bond donors (Lipinski definition) is 0. The summed E-state index contributed by atoms with van der Waals surface area (Å²) in [5.41, 5.74) is -0.614. The molecule has 76 valence electrons. The number of nitro groups is 2. The second-order valence-corrected chi connectivity index (χ2v) is 2.46. The van der Waals surface area contributed by atoms with Gasteiger partial charge in [0, 0.05) is 28.7 Å². The van der Waals surface area contributed by atoms with Gasteiger partial charge in [-0.2, -0.15) is 0 Å². The predicted molar refractivity (Wildman–Crippen MR) is 44.5 cm³/mol. The first-order valence-corrected chi connectivity index (χ1v) is 3.42. The Morgan fingerprint density at radius 3 is 2.07 bits per heavy atom. The van der Waals surface area contributed by atoms with Crippen LogP contribution in [0.2, 0.25) is 0 Å². The molecule has 6 nitrogen and oxygen atoms in total. The van der Waals surface area contributed by atoms with Crippen LogP contribution in [0.15, 0.2) is 18.2 Å². The van der Waals surface area contributed by atoms with E-state index in [-0.39, 0.29) is 17.1 Å². The van der Waals surface area contributed by atoms with Crippen LogP contribution >= 0.6 is 0 Å². The fourth-order valence-corrected chi connectivity index (χ4v) is 1.03. The standard InChI is InChI=1S/C7H6N2O4.Fe/c1-5-3-2-4-6(8(10)11)7(5)9(12)13;/h2-4H,1H3;. The Morgan fingerprint density at radius 1 is 1.14 bits per heavy atom. The summed E-state index contributed by atoms with van der Waals surface area (Å²) in [5, 5.41) is 20.8. The Labute approximate surface area is 89.7 Å². The molecule has 0 fully saturated rings. The molecule has 0 amide bonds. The molecule has 0 N–H and O–H groups in total. The molecule has 0 aromatic heterocycles. The van der Waals surface area contributed by atoms with Gasteiger partial charge in [0.15, 0.2) is 0 Å². The van der Waals surface area contributed by atoms with Gasteiger partial charge in [-0.1, -0.05) is 12.1 Å². The smallest absolute Gasteiger partial charge is 0.258 e. The van der Waals surface area contributed by atoms with Gasteiger partial charge in [-0.05, 0) is 6.92 Å². The average molecular weight is 238 g/mol. The first-order valence-electron chi connectivity index (χ1n) is 3.42. The first kappa shape index (κ1) is 12.5.